The quantitative estimate of drug-likeness (QED) is 0.387. The lowest BCUT2D eigenvalue weighted by Crippen LogP contribution is -2.42. The molecule has 102 valence electrons. The summed E-state index contributed by atoms with van der Waals surface area (Å²) in [5, 5.41) is 0. The van der Waals surface area contributed by atoms with Crippen molar-refractivity contribution in [2.24, 2.45) is 4.99 Å². The second-order valence-corrected chi connectivity index (χ2v) is 5.20. The summed E-state index contributed by atoms with van der Waals surface area (Å²) in [5.41, 5.74) is 0. The zero-order valence-corrected chi connectivity index (χ0v) is 12.7. The molecule has 0 fully saturated rings. The Morgan fingerprint density at radius 1 is 1.00 bits per heavy atom. The van der Waals surface area contributed by atoms with Gasteiger partial charge in [0.2, 0.25) is 0 Å². The lowest BCUT2D eigenvalue weighted by Gasteiger charge is -2.29. The Balaban J connectivity index is 4.05. The first-order valence-electron chi connectivity index (χ1n) is 6.95. The van der Waals surface area contributed by atoms with E-state index in [9.17, 15) is 0 Å². The molecule has 0 bridgehead atoms. The average Bonchev–Trinajstić information content (AvgIpc) is 2.26. The molecule has 0 saturated heterocycles. The maximum atomic E-state index is 4.71. The third-order valence-corrected chi connectivity index (χ3v) is 3.00. The van der Waals surface area contributed by atoms with Crippen molar-refractivity contribution in [3.63, 3.8) is 0 Å². The Hall–Kier alpha value is -0.730. The van der Waals surface area contributed by atoms with Crippen LogP contribution >= 0.6 is 0 Å². The van der Waals surface area contributed by atoms with E-state index in [1.165, 1.54) is 32.1 Å². The Kier molecular flexibility index (Phi) is 8.92. The SMILES string of the molecule is CCCCCCCN=C(N(C)C)N(C)C(C)C. The Morgan fingerprint density at radius 2 is 1.59 bits per heavy atom. The molecule has 0 radical (unpaired) electrons. The fourth-order valence-corrected chi connectivity index (χ4v) is 1.69. The summed E-state index contributed by atoms with van der Waals surface area (Å²) >= 11 is 0. The van der Waals surface area contributed by atoms with Crippen LogP contribution in [-0.4, -0.2) is 49.5 Å². The zero-order valence-electron chi connectivity index (χ0n) is 12.7. The molecule has 0 aliphatic rings. The fraction of sp³-hybridized carbons (Fsp3) is 0.929. The van der Waals surface area contributed by atoms with Crippen molar-refractivity contribution in [2.45, 2.75) is 58.9 Å². The highest BCUT2D eigenvalue weighted by Crippen LogP contribution is 2.04. The van der Waals surface area contributed by atoms with E-state index in [1.54, 1.807) is 0 Å². The predicted molar refractivity (Wildman–Crippen MR) is 77.6 cm³/mol. The topological polar surface area (TPSA) is 18.8 Å². The molecule has 0 saturated carbocycles. The van der Waals surface area contributed by atoms with Crippen LogP contribution in [0, 0.1) is 0 Å². The molecular weight excluding hydrogens is 210 g/mol. The first kappa shape index (κ1) is 16.3. The van der Waals surface area contributed by atoms with Gasteiger partial charge in [-0.25, -0.2) is 0 Å². The Bertz CT molecular complexity index is 210. The molecule has 0 aromatic carbocycles. The molecule has 17 heavy (non-hydrogen) atoms. The van der Waals surface area contributed by atoms with Crippen LogP contribution in [0.2, 0.25) is 0 Å². The van der Waals surface area contributed by atoms with Gasteiger partial charge in [-0.15, -0.1) is 0 Å². The van der Waals surface area contributed by atoms with Crippen LogP contribution in [0.5, 0.6) is 0 Å². The zero-order chi connectivity index (χ0) is 13.3. The van der Waals surface area contributed by atoms with Crippen molar-refractivity contribution in [3.05, 3.63) is 0 Å². The van der Waals surface area contributed by atoms with E-state index in [-0.39, 0.29) is 0 Å². The highest BCUT2D eigenvalue weighted by Gasteiger charge is 2.11. The van der Waals surface area contributed by atoms with E-state index >= 15 is 0 Å². The Labute approximate surface area is 108 Å². The smallest absolute Gasteiger partial charge is 0.196 e. The van der Waals surface area contributed by atoms with Crippen molar-refractivity contribution < 1.29 is 0 Å². The van der Waals surface area contributed by atoms with Crippen molar-refractivity contribution in [1.29, 1.82) is 0 Å². The molecule has 0 unspecified atom stereocenters. The minimum Gasteiger partial charge on any atom is -0.349 e. The number of hydrogen-bond acceptors (Lipinski definition) is 1. The lowest BCUT2D eigenvalue weighted by atomic mass is 10.2. The summed E-state index contributed by atoms with van der Waals surface area (Å²) in [5.74, 6) is 1.09. The van der Waals surface area contributed by atoms with Gasteiger partial charge in [-0.05, 0) is 20.3 Å². The van der Waals surface area contributed by atoms with Crippen LogP contribution in [0.1, 0.15) is 52.9 Å². The fourth-order valence-electron chi connectivity index (χ4n) is 1.69. The minimum absolute atomic E-state index is 0.497. The molecule has 3 nitrogen and oxygen atoms in total. The van der Waals surface area contributed by atoms with Gasteiger partial charge in [-0.2, -0.15) is 0 Å². The molecule has 0 aromatic rings. The van der Waals surface area contributed by atoms with Crippen LogP contribution in [0.15, 0.2) is 4.99 Å². The molecule has 0 amide bonds. The van der Waals surface area contributed by atoms with Crippen molar-refractivity contribution in [1.82, 2.24) is 9.80 Å². The van der Waals surface area contributed by atoms with Gasteiger partial charge in [-0.1, -0.05) is 32.6 Å². The van der Waals surface area contributed by atoms with Gasteiger partial charge in [0.15, 0.2) is 5.96 Å². The lowest BCUT2D eigenvalue weighted by molar-refractivity contribution is 0.362. The third-order valence-electron chi connectivity index (χ3n) is 3.00. The highest BCUT2D eigenvalue weighted by atomic mass is 15.4. The van der Waals surface area contributed by atoms with Gasteiger partial charge >= 0.3 is 0 Å². The van der Waals surface area contributed by atoms with Gasteiger partial charge in [0.05, 0.1) is 0 Å². The molecule has 0 heterocycles. The van der Waals surface area contributed by atoms with Crippen LogP contribution in [0.3, 0.4) is 0 Å². The van der Waals surface area contributed by atoms with E-state index in [0.29, 0.717) is 6.04 Å². The van der Waals surface area contributed by atoms with Crippen molar-refractivity contribution >= 4 is 5.96 Å². The van der Waals surface area contributed by atoms with Gasteiger partial charge in [0.25, 0.3) is 0 Å². The van der Waals surface area contributed by atoms with Crippen LogP contribution in [0.25, 0.3) is 0 Å². The van der Waals surface area contributed by atoms with Gasteiger partial charge in [-0.3, -0.25) is 4.99 Å². The van der Waals surface area contributed by atoms with E-state index in [4.69, 9.17) is 4.99 Å². The largest absolute Gasteiger partial charge is 0.349 e. The predicted octanol–water partition coefficient (Wildman–Crippen LogP) is 3.21. The van der Waals surface area contributed by atoms with Gasteiger partial charge < -0.3 is 9.80 Å². The number of unbranched alkanes of at least 4 members (excludes halogenated alkanes) is 4. The minimum atomic E-state index is 0.497. The van der Waals surface area contributed by atoms with E-state index in [1.807, 2.05) is 0 Å². The molecular formula is C14H31N3. The van der Waals surface area contributed by atoms with Gasteiger partial charge in [0.1, 0.15) is 0 Å². The van der Waals surface area contributed by atoms with E-state index in [2.05, 4.69) is 51.7 Å². The van der Waals surface area contributed by atoms with Crippen molar-refractivity contribution in [3.8, 4) is 0 Å². The first-order chi connectivity index (χ1) is 8.00. The summed E-state index contributed by atoms with van der Waals surface area (Å²) in [4.78, 5) is 9.04. The molecule has 0 atom stereocenters. The third kappa shape index (κ3) is 7.24. The second-order valence-electron chi connectivity index (χ2n) is 5.20. The van der Waals surface area contributed by atoms with Crippen LogP contribution in [0.4, 0.5) is 0 Å². The normalized spacial score (nSPS) is 12.1. The maximum absolute atomic E-state index is 4.71. The second kappa shape index (κ2) is 9.32. The summed E-state index contributed by atoms with van der Waals surface area (Å²) in [6.07, 6.45) is 6.54. The van der Waals surface area contributed by atoms with Crippen LogP contribution in [-0.2, 0) is 0 Å². The van der Waals surface area contributed by atoms with Crippen LogP contribution < -0.4 is 0 Å². The molecule has 0 spiro atoms. The monoisotopic (exact) mass is 241 g/mol. The molecule has 3 heteroatoms. The number of nitrogens with zero attached hydrogens (tertiary/aromatic N) is 3. The standard InChI is InChI=1S/C14H31N3/c1-7-8-9-10-11-12-15-14(16(4)5)17(6)13(2)3/h13H,7-12H2,1-6H3. The number of aliphatic imine (C=N–C) groups is 1. The molecule has 0 N–H and O–H groups in total. The molecule has 0 aromatic heterocycles. The number of hydrogen-bond donors (Lipinski definition) is 0. The molecule has 0 aliphatic carbocycles. The van der Waals surface area contributed by atoms with Gasteiger partial charge in [0, 0.05) is 33.7 Å². The molecule has 0 aliphatic heterocycles. The highest BCUT2D eigenvalue weighted by molar-refractivity contribution is 5.79. The first-order valence-corrected chi connectivity index (χ1v) is 6.95. The summed E-state index contributed by atoms with van der Waals surface area (Å²) in [6, 6.07) is 0.497. The molecule has 0 rings (SSSR count). The summed E-state index contributed by atoms with van der Waals surface area (Å²) in [6.45, 7) is 7.59. The maximum Gasteiger partial charge on any atom is 0.196 e. The van der Waals surface area contributed by atoms with E-state index < -0.39 is 0 Å². The number of guanidine groups is 1. The van der Waals surface area contributed by atoms with E-state index in [0.717, 1.165) is 12.5 Å². The average molecular weight is 241 g/mol. The Morgan fingerprint density at radius 3 is 2.06 bits per heavy atom. The summed E-state index contributed by atoms with van der Waals surface area (Å²) < 4.78 is 0. The van der Waals surface area contributed by atoms with Crippen molar-refractivity contribution in [2.75, 3.05) is 27.7 Å². The summed E-state index contributed by atoms with van der Waals surface area (Å²) in [7, 11) is 6.24. The number of rotatable bonds is 7.